The topological polar surface area (TPSA) is 138 Å². The maximum absolute atomic E-state index is 13.3. The summed E-state index contributed by atoms with van der Waals surface area (Å²) in [7, 11) is -3.93. The summed E-state index contributed by atoms with van der Waals surface area (Å²) in [6.45, 7) is 3.67. The molecule has 3 amide bonds. The van der Waals surface area contributed by atoms with E-state index in [2.05, 4.69) is 4.98 Å². The molecule has 0 radical (unpaired) electrons. The number of sulfone groups is 1. The Morgan fingerprint density at radius 2 is 1.77 bits per heavy atom. The van der Waals surface area contributed by atoms with Crippen LogP contribution in [0, 0.1) is 12.3 Å². The van der Waals surface area contributed by atoms with Gasteiger partial charge in [-0.3, -0.25) is 15.0 Å². The van der Waals surface area contributed by atoms with Crippen molar-refractivity contribution in [3.05, 3.63) is 65.9 Å². The molecule has 0 unspecified atom stereocenters. The number of pyridine rings is 1. The second-order valence-electron chi connectivity index (χ2n) is 9.92. The zero-order valence-electron chi connectivity index (χ0n) is 21.5. The van der Waals surface area contributed by atoms with E-state index < -0.39 is 26.9 Å². The Kier molecular flexibility index (Phi) is 7.43. The molecule has 12 heteroatoms. The summed E-state index contributed by atoms with van der Waals surface area (Å²) in [6, 6.07) is 15.4. The number of hydrogen-bond acceptors (Lipinski definition) is 8. The number of urea groups is 1. The van der Waals surface area contributed by atoms with Crippen LogP contribution in [0.15, 0.2) is 59.5 Å². The molecule has 0 saturated carbocycles. The number of rotatable bonds is 7. The van der Waals surface area contributed by atoms with Crippen molar-refractivity contribution in [2.24, 2.45) is 5.41 Å². The van der Waals surface area contributed by atoms with E-state index in [4.69, 9.17) is 9.47 Å². The maximum atomic E-state index is 13.3. The number of carbonyl (C=O) groups excluding carboxylic acids is 2. The molecule has 206 valence electrons. The van der Waals surface area contributed by atoms with Crippen LogP contribution >= 0.6 is 0 Å². The van der Waals surface area contributed by atoms with Gasteiger partial charge in [0.15, 0.2) is 9.84 Å². The molecule has 2 aliphatic heterocycles. The van der Waals surface area contributed by atoms with Gasteiger partial charge in [-0.1, -0.05) is 18.2 Å². The number of hydrogen-bond donors (Lipinski definition) is 2. The number of likely N-dealkylation sites (tertiary alicyclic amines) is 1. The van der Waals surface area contributed by atoms with Crippen LogP contribution in [0.4, 0.5) is 4.79 Å². The summed E-state index contributed by atoms with van der Waals surface area (Å²) in [4.78, 5) is 32.8. The first-order chi connectivity index (χ1) is 18.7. The molecule has 39 heavy (non-hydrogen) atoms. The molecule has 11 nitrogen and oxygen atoms in total. The minimum atomic E-state index is -3.93. The number of nitrogens with one attached hydrogen (secondary N) is 1. The summed E-state index contributed by atoms with van der Waals surface area (Å²) >= 11 is 0. The van der Waals surface area contributed by atoms with Crippen LogP contribution in [0.5, 0.6) is 5.75 Å². The van der Waals surface area contributed by atoms with Crippen LogP contribution in [0.1, 0.15) is 11.3 Å². The fraction of sp³-hybridized carbons (Fsp3) is 0.370. The molecule has 2 aliphatic rings. The molecule has 2 N–H and O–H groups in total. The van der Waals surface area contributed by atoms with Gasteiger partial charge in [-0.05, 0) is 43.3 Å². The number of hydroxylamine groups is 1. The van der Waals surface area contributed by atoms with E-state index in [1.165, 1.54) is 17.0 Å². The summed E-state index contributed by atoms with van der Waals surface area (Å²) in [6.07, 6.45) is 0. The van der Waals surface area contributed by atoms with Crippen LogP contribution in [0.3, 0.4) is 0 Å². The highest BCUT2D eigenvalue weighted by Gasteiger charge is 2.54. The molecule has 3 heterocycles. The number of aryl methyl sites for hydroxylation is 1. The summed E-state index contributed by atoms with van der Waals surface area (Å²) in [5, 5.41) is 10.3. The second-order valence-corrected chi connectivity index (χ2v) is 11.9. The predicted molar refractivity (Wildman–Crippen MR) is 141 cm³/mol. The Bertz CT molecular complexity index is 1480. The van der Waals surface area contributed by atoms with E-state index in [-0.39, 0.29) is 30.6 Å². The molecule has 2 saturated heterocycles. The predicted octanol–water partition coefficient (Wildman–Crippen LogP) is 2.16. The van der Waals surface area contributed by atoms with Gasteiger partial charge in [0, 0.05) is 42.8 Å². The number of carbonyl (C=O) groups is 2. The minimum Gasteiger partial charge on any atom is -0.489 e. The summed E-state index contributed by atoms with van der Waals surface area (Å²) in [5.41, 5.74) is 2.84. The van der Waals surface area contributed by atoms with Gasteiger partial charge in [0.1, 0.15) is 17.8 Å². The van der Waals surface area contributed by atoms with Crippen LogP contribution < -0.4 is 10.2 Å². The minimum absolute atomic E-state index is 0.0168. The molecule has 1 aromatic heterocycles. The highest BCUT2D eigenvalue weighted by molar-refractivity contribution is 7.91. The van der Waals surface area contributed by atoms with Crippen LogP contribution in [-0.4, -0.2) is 85.5 Å². The molecular formula is C27H30N4O7S. The molecule has 0 spiro atoms. The van der Waals surface area contributed by atoms with Crippen molar-refractivity contribution >= 4 is 32.7 Å². The Morgan fingerprint density at radius 3 is 2.46 bits per heavy atom. The number of fused-ring (bicyclic) bond motifs is 1. The van der Waals surface area contributed by atoms with Crippen molar-refractivity contribution in [2.75, 3.05) is 45.1 Å². The van der Waals surface area contributed by atoms with Gasteiger partial charge in [-0.25, -0.2) is 18.7 Å². The molecule has 2 fully saturated rings. The lowest BCUT2D eigenvalue weighted by atomic mass is 9.81. The fourth-order valence-electron chi connectivity index (χ4n) is 5.06. The molecular weight excluding hydrogens is 524 g/mol. The Balaban J connectivity index is 1.26. The number of nitrogens with zero attached hydrogens (tertiary/aromatic N) is 3. The Labute approximate surface area is 226 Å². The van der Waals surface area contributed by atoms with Crippen molar-refractivity contribution in [1.29, 1.82) is 0 Å². The average molecular weight is 555 g/mol. The monoisotopic (exact) mass is 554 g/mol. The third kappa shape index (κ3) is 5.54. The van der Waals surface area contributed by atoms with Gasteiger partial charge in [0.2, 0.25) is 0 Å². The SMILES string of the molecule is Cc1cc(COc2ccc(S(=O)(=O)CC3(C(=O)NO)CN(C(=O)N4CCOCC4)C3)cc2)c2ccccc2n1. The highest BCUT2D eigenvalue weighted by atomic mass is 32.2. The third-order valence-electron chi connectivity index (χ3n) is 7.10. The van der Waals surface area contributed by atoms with Crippen LogP contribution in [0.2, 0.25) is 0 Å². The Morgan fingerprint density at radius 1 is 1.08 bits per heavy atom. The normalized spacial score (nSPS) is 17.0. The van der Waals surface area contributed by atoms with Gasteiger partial charge >= 0.3 is 6.03 Å². The third-order valence-corrected chi connectivity index (χ3v) is 9.02. The number of morpholine rings is 1. The molecule has 5 rings (SSSR count). The van der Waals surface area contributed by atoms with E-state index in [1.807, 2.05) is 37.3 Å². The van der Waals surface area contributed by atoms with Gasteiger partial charge in [0.25, 0.3) is 5.91 Å². The van der Waals surface area contributed by atoms with E-state index in [9.17, 15) is 23.2 Å². The molecule has 0 aliphatic carbocycles. The molecule has 0 atom stereocenters. The molecule has 0 bridgehead atoms. The summed E-state index contributed by atoms with van der Waals surface area (Å²) < 4.78 is 37.7. The number of aromatic nitrogens is 1. The van der Waals surface area contributed by atoms with E-state index in [0.717, 1.165) is 22.2 Å². The van der Waals surface area contributed by atoms with Gasteiger partial charge in [-0.2, -0.15) is 0 Å². The van der Waals surface area contributed by atoms with Crippen LogP contribution in [0.25, 0.3) is 10.9 Å². The fourth-order valence-corrected chi connectivity index (χ4v) is 6.82. The average Bonchev–Trinajstić information content (AvgIpc) is 2.93. The zero-order chi connectivity index (χ0) is 27.6. The second kappa shape index (κ2) is 10.8. The van der Waals surface area contributed by atoms with Crippen molar-refractivity contribution in [3.63, 3.8) is 0 Å². The molecule has 2 aromatic carbocycles. The van der Waals surface area contributed by atoms with E-state index in [0.29, 0.717) is 32.1 Å². The number of para-hydroxylation sites is 1. The lowest BCUT2D eigenvalue weighted by Gasteiger charge is -2.49. The van der Waals surface area contributed by atoms with E-state index >= 15 is 0 Å². The number of ether oxygens (including phenoxy) is 2. The number of amides is 3. The number of benzene rings is 2. The first-order valence-electron chi connectivity index (χ1n) is 12.6. The quantitative estimate of drug-likeness (QED) is 0.335. The van der Waals surface area contributed by atoms with Crippen LogP contribution in [-0.2, 0) is 26.0 Å². The van der Waals surface area contributed by atoms with Crippen molar-refractivity contribution < 1.29 is 32.7 Å². The van der Waals surface area contributed by atoms with E-state index in [1.54, 1.807) is 22.5 Å². The smallest absolute Gasteiger partial charge is 0.320 e. The maximum Gasteiger partial charge on any atom is 0.320 e. The van der Waals surface area contributed by atoms with Crippen molar-refractivity contribution in [1.82, 2.24) is 20.3 Å². The highest BCUT2D eigenvalue weighted by Crippen LogP contribution is 2.35. The largest absolute Gasteiger partial charge is 0.489 e. The lowest BCUT2D eigenvalue weighted by molar-refractivity contribution is -0.146. The molecule has 3 aromatic rings. The summed E-state index contributed by atoms with van der Waals surface area (Å²) in [5.74, 6) is -0.903. The van der Waals surface area contributed by atoms with Crippen molar-refractivity contribution in [3.8, 4) is 5.75 Å². The first-order valence-corrected chi connectivity index (χ1v) is 14.2. The lowest BCUT2D eigenvalue weighted by Crippen LogP contribution is -2.68. The van der Waals surface area contributed by atoms with Gasteiger partial charge in [0.05, 0.1) is 29.4 Å². The Hall–Kier alpha value is -3.74. The first kappa shape index (κ1) is 26.9. The zero-order valence-corrected chi connectivity index (χ0v) is 22.3. The van der Waals surface area contributed by atoms with Gasteiger partial charge < -0.3 is 19.3 Å². The van der Waals surface area contributed by atoms with Gasteiger partial charge in [-0.15, -0.1) is 0 Å². The standard InChI is InChI=1S/C27H30N4O7S/c1-19-14-20(23-4-2-3-5-24(23)28-19)15-38-21-6-8-22(9-7-21)39(35,36)18-27(25(32)29-34)16-31(17-27)26(33)30-10-12-37-13-11-30/h2-9,14,34H,10-13,15-18H2,1H3,(H,29,32). The van der Waals surface area contributed by atoms with Crippen molar-refractivity contribution in [2.45, 2.75) is 18.4 Å².